The molecule has 0 aromatic heterocycles. The molecule has 0 rings (SSSR count). The zero-order valence-electron chi connectivity index (χ0n) is 55.8. The Bertz CT molecular complexity index is 1700. The zero-order chi connectivity index (χ0) is 63.8. The predicted molar refractivity (Wildman–Crippen MR) is 344 cm³/mol. The highest BCUT2D eigenvalue weighted by molar-refractivity contribution is 7.47. The highest BCUT2D eigenvalue weighted by atomic mass is 31.2. The number of unbranched alkanes of at least 4 members (excludes halogenated alkanes) is 32. The van der Waals surface area contributed by atoms with Gasteiger partial charge in [-0.25, -0.2) is 9.13 Å². The van der Waals surface area contributed by atoms with Crippen LogP contribution in [0.15, 0.2) is 0 Å². The molecule has 0 saturated heterocycles. The van der Waals surface area contributed by atoms with E-state index in [1.165, 1.54) is 141 Å². The van der Waals surface area contributed by atoms with Crippen molar-refractivity contribution in [3.8, 4) is 0 Å². The van der Waals surface area contributed by atoms with Gasteiger partial charge in [-0.1, -0.05) is 280 Å². The molecule has 3 unspecified atom stereocenters. The molecule has 0 aliphatic carbocycles. The molecule has 19 heteroatoms. The second kappa shape index (κ2) is 58.2. The van der Waals surface area contributed by atoms with Crippen LogP contribution in [0.5, 0.6) is 0 Å². The molecule has 0 fully saturated rings. The minimum Gasteiger partial charge on any atom is -0.462 e. The Morgan fingerprint density at radius 3 is 0.884 bits per heavy atom. The average molecular weight is 1270 g/mol. The molecule has 0 heterocycles. The van der Waals surface area contributed by atoms with Crippen molar-refractivity contribution in [2.75, 3.05) is 39.6 Å². The summed E-state index contributed by atoms with van der Waals surface area (Å²) in [7, 11) is -9.89. The van der Waals surface area contributed by atoms with Crippen LogP contribution in [0.4, 0.5) is 0 Å². The Hall–Kier alpha value is -1.94. The summed E-state index contributed by atoms with van der Waals surface area (Å²) < 4.78 is 68.1. The molecule has 17 nitrogen and oxygen atoms in total. The molecular formula is C67H130O17P2. The van der Waals surface area contributed by atoms with Crippen molar-refractivity contribution in [2.24, 2.45) is 17.8 Å². The third-order valence-electron chi connectivity index (χ3n) is 15.7. The summed E-state index contributed by atoms with van der Waals surface area (Å²) in [5.41, 5.74) is 0. The Morgan fingerprint density at radius 1 is 0.337 bits per heavy atom. The van der Waals surface area contributed by atoms with Crippen LogP contribution < -0.4 is 0 Å². The zero-order valence-corrected chi connectivity index (χ0v) is 57.6. The molecule has 510 valence electrons. The third-order valence-corrected chi connectivity index (χ3v) is 17.6. The number of carbonyl (C=O) groups is 4. The summed E-state index contributed by atoms with van der Waals surface area (Å²) in [6.07, 6.45) is 40.3. The Balaban J connectivity index is 5.25. The highest BCUT2D eigenvalue weighted by Crippen LogP contribution is 2.45. The summed E-state index contributed by atoms with van der Waals surface area (Å²) >= 11 is 0. The minimum atomic E-state index is -4.95. The van der Waals surface area contributed by atoms with E-state index in [2.05, 4.69) is 48.5 Å². The van der Waals surface area contributed by atoms with Crippen molar-refractivity contribution in [1.82, 2.24) is 0 Å². The van der Waals surface area contributed by atoms with Crippen LogP contribution in [0.2, 0.25) is 0 Å². The number of carbonyl (C=O) groups excluding carboxylic acids is 4. The number of ether oxygens (including phenoxy) is 4. The fraction of sp³-hybridized carbons (Fsp3) is 0.940. The number of aliphatic hydroxyl groups excluding tert-OH is 1. The molecule has 6 atom stereocenters. The van der Waals surface area contributed by atoms with Crippen LogP contribution in [0.3, 0.4) is 0 Å². The van der Waals surface area contributed by atoms with Crippen molar-refractivity contribution in [1.29, 1.82) is 0 Å². The minimum absolute atomic E-state index is 0.103. The van der Waals surface area contributed by atoms with Crippen LogP contribution in [-0.4, -0.2) is 96.7 Å². The van der Waals surface area contributed by atoms with Gasteiger partial charge < -0.3 is 33.8 Å². The van der Waals surface area contributed by atoms with Crippen molar-refractivity contribution in [2.45, 2.75) is 349 Å². The van der Waals surface area contributed by atoms with Gasteiger partial charge in [0.2, 0.25) is 0 Å². The molecular weight excluding hydrogens is 1140 g/mol. The Labute approximate surface area is 524 Å². The normalized spacial score (nSPS) is 14.6. The summed E-state index contributed by atoms with van der Waals surface area (Å²) in [6.45, 7) is 11.8. The van der Waals surface area contributed by atoms with E-state index in [4.69, 9.17) is 37.0 Å². The molecule has 0 radical (unpaired) electrons. The first-order chi connectivity index (χ1) is 41.3. The lowest BCUT2D eigenvalue weighted by atomic mass is 9.99. The van der Waals surface area contributed by atoms with E-state index in [1.54, 1.807) is 0 Å². The first kappa shape index (κ1) is 84.1. The lowest BCUT2D eigenvalue weighted by Gasteiger charge is -2.21. The lowest BCUT2D eigenvalue weighted by Crippen LogP contribution is -2.30. The summed E-state index contributed by atoms with van der Waals surface area (Å²) in [4.78, 5) is 72.4. The maximum atomic E-state index is 13.0. The van der Waals surface area contributed by atoms with Gasteiger partial charge in [0.15, 0.2) is 12.2 Å². The van der Waals surface area contributed by atoms with Crippen LogP contribution in [0.1, 0.15) is 331 Å². The molecule has 0 spiro atoms. The van der Waals surface area contributed by atoms with Gasteiger partial charge >= 0.3 is 39.5 Å². The van der Waals surface area contributed by atoms with Crippen molar-refractivity contribution in [3.63, 3.8) is 0 Å². The average Bonchev–Trinajstić information content (AvgIpc) is 3.68. The summed E-state index contributed by atoms with van der Waals surface area (Å²) in [5, 5.41) is 10.6. The molecule has 0 aliphatic rings. The van der Waals surface area contributed by atoms with E-state index in [1.807, 2.05) is 0 Å². The highest BCUT2D eigenvalue weighted by Gasteiger charge is 2.30. The molecule has 0 saturated carbocycles. The van der Waals surface area contributed by atoms with Gasteiger partial charge in [-0.05, 0) is 43.4 Å². The maximum Gasteiger partial charge on any atom is 0.472 e. The van der Waals surface area contributed by atoms with Crippen molar-refractivity contribution in [3.05, 3.63) is 0 Å². The second-order valence-corrected chi connectivity index (χ2v) is 28.3. The standard InChI is InChI=1S/C67H130O17P2/c1-8-10-11-12-13-14-19-27-34-41-48-64(69)77-55-63(84-67(72)51-44-37-30-23-25-32-39-46-59(5)6)57-82-86(75,76)80-53-61(68)52-79-85(73,74)81-56-62(54-78-65(70)49-42-35-28-22-21-26-33-40-47-60(7)9-2)83-66(71)50-43-36-29-20-17-15-16-18-24-31-38-45-58(3)4/h58-63,68H,8-57H2,1-7H3,(H,73,74)(H,75,76)/t60?,61-,62-,63-/m1/s1. The Morgan fingerprint density at radius 2 is 0.593 bits per heavy atom. The summed E-state index contributed by atoms with van der Waals surface area (Å²) in [6, 6.07) is 0. The van der Waals surface area contributed by atoms with E-state index in [-0.39, 0.29) is 25.7 Å². The molecule has 0 amide bonds. The molecule has 86 heavy (non-hydrogen) atoms. The predicted octanol–water partition coefficient (Wildman–Crippen LogP) is 18.7. The topological polar surface area (TPSA) is 237 Å². The first-order valence-corrected chi connectivity index (χ1v) is 37.9. The monoisotopic (exact) mass is 1270 g/mol. The number of hydrogen-bond acceptors (Lipinski definition) is 15. The van der Waals surface area contributed by atoms with E-state index >= 15 is 0 Å². The molecule has 0 aromatic rings. The number of phosphoric acid groups is 2. The van der Waals surface area contributed by atoms with E-state index in [0.29, 0.717) is 31.6 Å². The van der Waals surface area contributed by atoms with E-state index < -0.39 is 97.5 Å². The smallest absolute Gasteiger partial charge is 0.462 e. The van der Waals surface area contributed by atoms with Gasteiger partial charge in [-0.15, -0.1) is 0 Å². The van der Waals surface area contributed by atoms with Gasteiger partial charge in [0.25, 0.3) is 0 Å². The quantitative estimate of drug-likeness (QED) is 0.0222. The van der Waals surface area contributed by atoms with Crippen molar-refractivity contribution >= 4 is 39.5 Å². The van der Waals surface area contributed by atoms with Crippen molar-refractivity contribution < 1.29 is 80.2 Å². The number of hydrogen-bond donors (Lipinski definition) is 3. The first-order valence-electron chi connectivity index (χ1n) is 34.9. The van der Waals surface area contributed by atoms with Gasteiger partial charge in [-0.2, -0.15) is 0 Å². The van der Waals surface area contributed by atoms with Crippen LogP contribution in [-0.2, 0) is 65.4 Å². The van der Waals surface area contributed by atoms with Crippen LogP contribution in [0, 0.1) is 17.8 Å². The largest absolute Gasteiger partial charge is 0.472 e. The fourth-order valence-corrected chi connectivity index (χ4v) is 11.6. The number of rotatable bonds is 65. The second-order valence-electron chi connectivity index (χ2n) is 25.4. The molecule has 0 aromatic carbocycles. The van der Waals surface area contributed by atoms with E-state index in [0.717, 1.165) is 102 Å². The van der Waals surface area contributed by atoms with Gasteiger partial charge in [-0.3, -0.25) is 37.3 Å². The van der Waals surface area contributed by atoms with E-state index in [9.17, 15) is 43.2 Å². The fourth-order valence-electron chi connectivity index (χ4n) is 9.98. The van der Waals surface area contributed by atoms with Gasteiger partial charge in [0.05, 0.1) is 26.4 Å². The lowest BCUT2D eigenvalue weighted by molar-refractivity contribution is -0.161. The van der Waals surface area contributed by atoms with Gasteiger partial charge in [0.1, 0.15) is 19.3 Å². The molecule has 0 bridgehead atoms. The third kappa shape index (κ3) is 59.7. The number of aliphatic hydroxyl groups is 1. The van der Waals surface area contributed by atoms with Gasteiger partial charge in [0, 0.05) is 25.7 Å². The van der Waals surface area contributed by atoms with Crippen LogP contribution >= 0.6 is 15.6 Å². The Kier molecular flexibility index (Phi) is 56.9. The maximum absolute atomic E-state index is 13.0. The molecule has 3 N–H and O–H groups in total. The van der Waals surface area contributed by atoms with Crippen LogP contribution in [0.25, 0.3) is 0 Å². The number of esters is 4. The summed E-state index contributed by atoms with van der Waals surface area (Å²) in [5.74, 6) is 0.106. The SMILES string of the molecule is CCCCCCCCCCCCC(=O)OC[C@H](COP(=O)(O)OC[C@H](O)COP(=O)(O)OC[C@@H](COC(=O)CCCCCCCCCCC(C)CC)OC(=O)CCCCCCCCCCCCCC(C)C)OC(=O)CCCCCCCCCC(C)C. The number of phosphoric ester groups is 2. The molecule has 0 aliphatic heterocycles.